The number of hydrogen-bond acceptors (Lipinski definition) is 6. The van der Waals surface area contributed by atoms with Crippen LogP contribution in [0.1, 0.15) is 34.1 Å². The second-order valence-corrected chi connectivity index (χ2v) is 6.45. The van der Waals surface area contributed by atoms with Gasteiger partial charge in [-0.1, -0.05) is 11.3 Å². The van der Waals surface area contributed by atoms with Crippen molar-refractivity contribution >= 4 is 5.97 Å². The number of aromatic nitrogens is 3. The van der Waals surface area contributed by atoms with Gasteiger partial charge in [0.25, 0.3) is 0 Å². The van der Waals surface area contributed by atoms with Crippen molar-refractivity contribution in [3.63, 3.8) is 0 Å². The number of hydrogen-bond donors (Lipinski definition) is 1. The number of aromatic carboxylic acids is 1. The Bertz CT molecular complexity index is 791. The van der Waals surface area contributed by atoms with Crippen LogP contribution in [-0.2, 0) is 17.9 Å². The monoisotopic (exact) mass is 344 g/mol. The summed E-state index contributed by atoms with van der Waals surface area (Å²) in [4.78, 5) is 13.7. The van der Waals surface area contributed by atoms with Crippen LogP contribution in [-0.4, -0.2) is 57.3 Å². The van der Waals surface area contributed by atoms with E-state index in [0.29, 0.717) is 18.9 Å². The lowest BCUT2D eigenvalue weighted by Crippen LogP contribution is -2.47. The highest BCUT2D eigenvalue weighted by Crippen LogP contribution is 2.31. The minimum Gasteiger partial charge on any atom is -0.496 e. The van der Waals surface area contributed by atoms with Crippen LogP contribution in [0.25, 0.3) is 0 Å². The van der Waals surface area contributed by atoms with Gasteiger partial charge in [-0.05, 0) is 24.1 Å². The summed E-state index contributed by atoms with van der Waals surface area (Å²) in [6.45, 7) is 2.95. The maximum atomic E-state index is 11.4. The molecular formula is C17H20N4O4. The van der Waals surface area contributed by atoms with Crippen LogP contribution in [0.3, 0.4) is 0 Å². The number of nitrogens with zero attached hydrogens (tertiary/aromatic N) is 4. The molecule has 1 fully saturated rings. The number of fused-ring (bicyclic) bond motifs is 3. The van der Waals surface area contributed by atoms with Gasteiger partial charge < -0.3 is 14.6 Å². The van der Waals surface area contributed by atoms with Crippen molar-refractivity contribution in [1.82, 2.24) is 19.9 Å². The summed E-state index contributed by atoms with van der Waals surface area (Å²) in [6.07, 6.45) is 2.83. The van der Waals surface area contributed by atoms with Gasteiger partial charge in [0.15, 0.2) is 0 Å². The smallest absolute Gasteiger partial charge is 0.339 e. The number of piperidine rings is 1. The Morgan fingerprint density at radius 3 is 3.16 bits per heavy atom. The Morgan fingerprint density at radius 2 is 2.36 bits per heavy atom. The molecule has 1 aromatic heterocycles. The molecule has 1 saturated heterocycles. The predicted molar refractivity (Wildman–Crippen MR) is 87.5 cm³/mol. The third-order valence-electron chi connectivity index (χ3n) is 4.91. The van der Waals surface area contributed by atoms with Crippen molar-refractivity contribution in [3.05, 3.63) is 41.2 Å². The number of ether oxygens (including phenoxy) is 2. The summed E-state index contributed by atoms with van der Waals surface area (Å²) in [7, 11) is 1.48. The van der Waals surface area contributed by atoms with E-state index < -0.39 is 5.97 Å². The van der Waals surface area contributed by atoms with Gasteiger partial charge in [0.2, 0.25) is 0 Å². The molecule has 8 nitrogen and oxygen atoms in total. The normalized spacial score (nSPS) is 22.9. The predicted octanol–water partition coefficient (Wildman–Crippen LogP) is 1.33. The number of benzene rings is 1. The van der Waals surface area contributed by atoms with Gasteiger partial charge in [0, 0.05) is 19.6 Å². The molecule has 0 unspecified atom stereocenters. The first kappa shape index (κ1) is 16.0. The topological polar surface area (TPSA) is 89.7 Å². The van der Waals surface area contributed by atoms with Crippen LogP contribution in [0.5, 0.6) is 5.75 Å². The molecule has 0 radical (unpaired) electrons. The lowest BCUT2D eigenvalue weighted by Gasteiger charge is -2.41. The maximum absolute atomic E-state index is 11.4. The molecule has 1 aromatic carbocycles. The fourth-order valence-electron chi connectivity index (χ4n) is 3.67. The summed E-state index contributed by atoms with van der Waals surface area (Å²) in [5, 5.41) is 17.5. The van der Waals surface area contributed by atoms with Gasteiger partial charge in [-0.25, -0.2) is 9.48 Å². The molecular weight excluding hydrogens is 324 g/mol. The molecule has 2 atom stereocenters. The lowest BCUT2D eigenvalue weighted by atomic mass is 9.99. The van der Waals surface area contributed by atoms with Crippen LogP contribution in [0.4, 0.5) is 0 Å². The van der Waals surface area contributed by atoms with Crippen molar-refractivity contribution < 1.29 is 19.4 Å². The zero-order valence-electron chi connectivity index (χ0n) is 14.0. The molecule has 25 heavy (non-hydrogen) atoms. The molecule has 0 aliphatic carbocycles. The van der Waals surface area contributed by atoms with Crippen LogP contribution >= 0.6 is 0 Å². The number of carboxylic acid groups (broad SMARTS) is 1. The van der Waals surface area contributed by atoms with Crippen molar-refractivity contribution in [2.75, 3.05) is 20.2 Å². The number of carboxylic acids is 1. The third-order valence-corrected chi connectivity index (χ3v) is 4.91. The average Bonchev–Trinajstić information content (AvgIpc) is 3.11. The molecule has 132 valence electrons. The Kier molecular flexibility index (Phi) is 4.14. The highest BCUT2D eigenvalue weighted by Gasteiger charge is 2.36. The van der Waals surface area contributed by atoms with E-state index in [9.17, 15) is 9.90 Å². The summed E-state index contributed by atoms with van der Waals surface area (Å²) in [5.74, 6) is -0.603. The second kappa shape index (κ2) is 6.45. The number of carbonyl (C=O) groups is 1. The Balaban J connectivity index is 1.51. The minimum absolute atomic E-state index is 0.150. The van der Waals surface area contributed by atoms with E-state index in [1.54, 1.807) is 18.3 Å². The van der Waals surface area contributed by atoms with Crippen molar-refractivity contribution in [2.24, 2.45) is 0 Å². The fourth-order valence-corrected chi connectivity index (χ4v) is 3.67. The summed E-state index contributed by atoms with van der Waals surface area (Å²) in [5.41, 5.74) is 2.14. The molecule has 8 heteroatoms. The summed E-state index contributed by atoms with van der Waals surface area (Å²) < 4.78 is 13.0. The van der Waals surface area contributed by atoms with Gasteiger partial charge in [0.05, 0.1) is 37.8 Å². The summed E-state index contributed by atoms with van der Waals surface area (Å²) >= 11 is 0. The molecule has 0 saturated carbocycles. The van der Waals surface area contributed by atoms with E-state index in [2.05, 4.69) is 15.2 Å². The van der Waals surface area contributed by atoms with E-state index in [-0.39, 0.29) is 17.7 Å². The second-order valence-electron chi connectivity index (χ2n) is 6.45. The summed E-state index contributed by atoms with van der Waals surface area (Å²) in [6, 6.07) is 5.46. The Labute approximate surface area is 144 Å². The van der Waals surface area contributed by atoms with Crippen molar-refractivity contribution in [2.45, 2.75) is 31.7 Å². The van der Waals surface area contributed by atoms with Crippen LogP contribution in [0.2, 0.25) is 0 Å². The first-order chi connectivity index (χ1) is 12.2. The maximum Gasteiger partial charge on any atom is 0.339 e. The zero-order valence-corrected chi connectivity index (χ0v) is 14.0. The van der Waals surface area contributed by atoms with Gasteiger partial charge in [-0.15, -0.1) is 5.10 Å². The molecule has 0 amide bonds. The molecule has 2 aromatic rings. The quantitative estimate of drug-likeness (QED) is 0.895. The standard InChI is InChI=1S/C17H20N4O4/c1-24-15-3-2-11(6-13(15)17(22)23)8-20-5-4-16-14(9-20)21-12(10-25-16)7-18-19-21/h2-3,6-7,14,16H,4-5,8-10H2,1H3,(H,22,23)/t14-,16-/m1/s1. The highest BCUT2D eigenvalue weighted by molar-refractivity contribution is 5.91. The Hall–Kier alpha value is -2.45. The van der Waals surface area contributed by atoms with Gasteiger partial charge in [-0.2, -0.15) is 0 Å². The number of likely N-dealkylation sites (tertiary alicyclic amines) is 1. The Morgan fingerprint density at radius 1 is 1.48 bits per heavy atom. The van der Waals surface area contributed by atoms with E-state index in [4.69, 9.17) is 9.47 Å². The average molecular weight is 344 g/mol. The fraction of sp³-hybridized carbons (Fsp3) is 0.471. The van der Waals surface area contributed by atoms with E-state index in [1.165, 1.54) is 7.11 Å². The minimum atomic E-state index is -0.981. The molecule has 2 aliphatic rings. The van der Waals surface area contributed by atoms with E-state index in [1.807, 2.05) is 10.7 Å². The molecule has 2 aliphatic heterocycles. The van der Waals surface area contributed by atoms with Gasteiger partial charge in [-0.3, -0.25) is 4.90 Å². The van der Waals surface area contributed by atoms with Crippen molar-refractivity contribution in [3.8, 4) is 5.75 Å². The number of rotatable bonds is 4. The van der Waals surface area contributed by atoms with Crippen LogP contribution in [0, 0.1) is 0 Å². The largest absolute Gasteiger partial charge is 0.496 e. The SMILES string of the molecule is COc1ccc(CN2CC[C@H]3OCc4cnnn4[C@@H]3C2)cc1C(=O)O. The van der Waals surface area contributed by atoms with E-state index >= 15 is 0 Å². The lowest BCUT2D eigenvalue weighted by molar-refractivity contribution is -0.0669. The molecule has 3 heterocycles. The first-order valence-electron chi connectivity index (χ1n) is 8.29. The van der Waals surface area contributed by atoms with Gasteiger partial charge in [0.1, 0.15) is 11.3 Å². The molecule has 0 spiro atoms. The van der Waals surface area contributed by atoms with Crippen molar-refractivity contribution in [1.29, 1.82) is 0 Å². The van der Waals surface area contributed by atoms with Crippen LogP contribution in [0.15, 0.2) is 24.4 Å². The molecule has 4 rings (SSSR count). The molecule has 1 N–H and O–H groups in total. The van der Waals surface area contributed by atoms with Gasteiger partial charge >= 0.3 is 5.97 Å². The van der Waals surface area contributed by atoms with Crippen LogP contribution < -0.4 is 4.74 Å². The molecule has 0 bridgehead atoms. The highest BCUT2D eigenvalue weighted by atomic mass is 16.5. The third kappa shape index (κ3) is 2.98. The number of methoxy groups -OCH3 is 1. The zero-order chi connectivity index (χ0) is 17.4. The first-order valence-corrected chi connectivity index (χ1v) is 8.29. The van der Waals surface area contributed by atoms with E-state index in [0.717, 1.165) is 30.8 Å².